The van der Waals surface area contributed by atoms with E-state index in [1.165, 1.54) is 12.1 Å². The van der Waals surface area contributed by atoms with Gasteiger partial charge in [0, 0.05) is 16.6 Å². The number of nitrogens with zero attached hydrogens (tertiary/aromatic N) is 4. The van der Waals surface area contributed by atoms with E-state index >= 15 is 0 Å². The SMILES string of the molecule is NCCn1nnnc1-c1cc(F)cc(Br)c1. The Kier molecular flexibility index (Phi) is 3.25. The monoisotopic (exact) mass is 285 g/mol. The van der Waals surface area contributed by atoms with Crippen LogP contribution in [0.5, 0.6) is 0 Å². The minimum absolute atomic E-state index is 0.341. The van der Waals surface area contributed by atoms with Gasteiger partial charge in [-0.25, -0.2) is 9.07 Å². The number of hydrogen-bond acceptors (Lipinski definition) is 4. The lowest BCUT2D eigenvalue weighted by atomic mass is 10.2. The number of rotatable bonds is 3. The van der Waals surface area contributed by atoms with Gasteiger partial charge in [-0.2, -0.15) is 0 Å². The lowest BCUT2D eigenvalue weighted by Crippen LogP contribution is -2.12. The van der Waals surface area contributed by atoms with Crippen LogP contribution in [0.3, 0.4) is 0 Å². The average Bonchev–Trinajstić information content (AvgIpc) is 2.65. The van der Waals surface area contributed by atoms with Crippen LogP contribution in [-0.4, -0.2) is 26.8 Å². The molecule has 2 rings (SSSR count). The van der Waals surface area contributed by atoms with Gasteiger partial charge in [0.05, 0.1) is 6.54 Å². The Labute approximate surface area is 99.6 Å². The molecule has 0 aliphatic rings. The molecule has 1 aromatic carbocycles. The molecule has 16 heavy (non-hydrogen) atoms. The predicted octanol–water partition coefficient (Wildman–Crippen LogP) is 1.20. The summed E-state index contributed by atoms with van der Waals surface area (Å²) >= 11 is 3.22. The Balaban J connectivity index is 2.45. The quantitative estimate of drug-likeness (QED) is 0.920. The summed E-state index contributed by atoms with van der Waals surface area (Å²) in [6.07, 6.45) is 0. The molecule has 7 heteroatoms. The predicted molar refractivity (Wildman–Crippen MR) is 60.0 cm³/mol. The molecule has 1 heterocycles. The fraction of sp³-hybridized carbons (Fsp3) is 0.222. The maximum atomic E-state index is 13.2. The Morgan fingerprint density at radius 1 is 1.38 bits per heavy atom. The number of halogens is 2. The van der Waals surface area contributed by atoms with Crippen molar-refractivity contribution in [1.82, 2.24) is 20.2 Å². The number of tetrazole rings is 1. The van der Waals surface area contributed by atoms with Crippen LogP contribution in [0.1, 0.15) is 0 Å². The molecule has 0 bridgehead atoms. The molecule has 1 aromatic heterocycles. The van der Waals surface area contributed by atoms with E-state index in [4.69, 9.17) is 5.73 Å². The second kappa shape index (κ2) is 4.67. The molecule has 0 spiro atoms. The third-order valence-corrected chi connectivity index (χ3v) is 2.45. The van der Waals surface area contributed by atoms with Gasteiger partial charge in [-0.05, 0) is 28.6 Å². The van der Waals surface area contributed by atoms with Crippen molar-refractivity contribution in [3.8, 4) is 11.4 Å². The molecule has 0 fully saturated rings. The molecule has 0 aliphatic heterocycles. The van der Waals surface area contributed by atoms with E-state index in [-0.39, 0.29) is 5.82 Å². The van der Waals surface area contributed by atoms with Gasteiger partial charge in [0.1, 0.15) is 5.82 Å². The fourth-order valence-corrected chi connectivity index (χ4v) is 1.83. The van der Waals surface area contributed by atoms with Gasteiger partial charge in [0.15, 0.2) is 5.82 Å². The number of nitrogens with two attached hydrogens (primary N) is 1. The van der Waals surface area contributed by atoms with E-state index < -0.39 is 0 Å². The van der Waals surface area contributed by atoms with E-state index in [9.17, 15) is 4.39 Å². The number of benzene rings is 1. The molecule has 0 aliphatic carbocycles. The number of aromatic nitrogens is 4. The second-order valence-electron chi connectivity index (χ2n) is 3.17. The zero-order valence-corrected chi connectivity index (χ0v) is 9.85. The minimum atomic E-state index is -0.341. The van der Waals surface area contributed by atoms with Crippen molar-refractivity contribution in [2.24, 2.45) is 5.73 Å². The van der Waals surface area contributed by atoms with Gasteiger partial charge in [-0.1, -0.05) is 15.9 Å². The molecule has 2 aromatic rings. The van der Waals surface area contributed by atoms with Crippen molar-refractivity contribution in [3.63, 3.8) is 0 Å². The summed E-state index contributed by atoms with van der Waals surface area (Å²) in [7, 11) is 0. The van der Waals surface area contributed by atoms with Crippen LogP contribution in [0.4, 0.5) is 4.39 Å². The molecule has 2 N–H and O–H groups in total. The third kappa shape index (κ3) is 2.25. The summed E-state index contributed by atoms with van der Waals surface area (Å²) in [6, 6.07) is 4.51. The Morgan fingerprint density at radius 3 is 2.88 bits per heavy atom. The lowest BCUT2D eigenvalue weighted by Gasteiger charge is -2.03. The maximum Gasteiger partial charge on any atom is 0.182 e. The van der Waals surface area contributed by atoms with Gasteiger partial charge >= 0.3 is 0 Å². The van der Waals surface area contributed by atoms with Crippen molar-refractivity contribution in [1.29, 1.82) is 0 Å². The molecular formula is C9H9BrFN5. The largest absolute Gasteiger partial charge is 0.329 e. The smallest absolute Gasteiger partial charge is 0.182 e. The summed E-state index contributed by atoms with van der Waals surface area (Å²) in [5.41, 5.74) is 6.04. The summed E-state index contributed by atoms with van der Waals surface area (Å²) < 4.78 is 15.4. The summed E-state index contributed by atoms with van der Waals surface area (Å²) in [5, 5.41) is 11.2. The van der Waals surface area contributed by atoms with E-state index in [0.717, 1.165) is 0 Å². The van der Waals surface area contributed by atoms with Gasteiger partial charge in [-0.3, -0.25) is 0 Å². The molecule has 0 atom stereocenters. The van der Waals surface area contributed by atoms with E-state index in [2.05, 4.69) is 31.5 Å². The highest BCUT2D eigenvalue weighted by molar-refractivity contribution is 9.10. The summed E-state index contributed by atoms with van der Waals surface area (Å²) in [5.74, 6) is 0.164. The first-order valence-corrected chi connectivity index (χ1v) is 5.42. The highest BCUT2D eigenvalue weighted by Gasteiger charge is 2.10. The lowest BCUT2D eigenvalue weighted by molar-refractivity contribution is 0.601. The Bertz CT molecular complexity index is 478. The minimum Gasteiger partial charge on any atom is -0.329 e. The molecule has 0 amide bonds. The molecule has 0 saturated heterocycles. The summed E-state index contributed by atoms with van der Waals surface area (Å²) in [4.78, 5) is 0. The van der Waals surface area contributed by atoms with Crippen LogP contribution < -0.4 is 5.73 Å². The molecule has 0 saturated carbocycles. The van der Waals surface area contributed by atoms with Gasteiger partial charge in [0.2, 0.25) is 0 Å². The first-order valence-electron chi connectivity index (χ1n) is 4.63. The Morgan fingerprint density at radius 2 is 2.19 bits per heavy atom. The van der Waals surface area contributed by atoms with E-state index in [1.807, 2.05) is 0 Å². The molecular weight excluding hydrogens is 277 g/mol. The molecule has 0 radical (unpaired) electrons. The van der Waals surface area contributed by atoms with Gasteiger partial charge in [0.25, 0.3) is 0 Å². The Hall–Kier alpha value is -1.34. The van der Waals surface area contributed by atoms with Crippen LogP contribution in [0, 0.1) is 5.82 Å². The van der Waals surface area contributed by atoms with E-state index in [1.54, 1.807) is 10.7 Å². The third-order valence-electron chi connectivity index (χ3n) is 1.99. The fourth-order valence-electron chi connectivity index (χ4n) is 1.37. The van der Waals surface area contributed by atoms with Gasteiger partial charge < -0.3 is 5.73 Å². The second-order valence-corrected chi connectivity index (χ2v) is 4.09. The summed E-state index contributed by atoms with van der Waals surface area (Å²) in [6.45, 7) is 0.922. The van der Waals surface area contributed by atoms with Crippen molar-refractivity contribution in [2.75, 3.05) is 6.54 Å². The number of hydrogen-bond donors (Lipinski definition) is 1. The van der Waals surface area contributed by atoms with Crippen LogP contribution in [-0.2, 0) is 6.54 Å². The van der Waals surface area contributed by atoms with Crippen LogP contribution in [0.2, 0.25) is 0 Å². The standard InChI is InChI=1S/C9H9BrFN5/c10-7-3-6(4-8(11)5-7)9-13-14-15-16(9)2-1-12/h3-5H,1-2,12H2. The van der Waals surface area contributed by atoms with Crippen LogP contribution >= 0.6 is 15.9 Å². The average molecular weight is 286 g/mol. The van der Waals surface area contributed by atoms with Crippen molar-refractivity contribution in [2.45, 2.75) is 6.54 Å². The molecule has 84 valence electrons. The highest BCUT2D eigenvalue weighted by Crippen LogP contribution is 2.22. The highest BCUT2D eigenvalue weighted by atomic mass is 79.9. The zero-order chi connectivity index (χ0) is 11.5. The molecule has 5 nitrogen and oxygen atoms in total. The first-order chi connectivity index (χ1) is 7.70. The van der Waals surface area contributed by atoms with Gasteiger partial charge in [-0.15, -0.1) is 5.10 Å². The molecule has 0 unspecified atom stereocenters. The van der Waals surface area contributed by atoms with Crippen LogP contribution in [0.15, 0.2) is 22.7 Å². The normalized spacial score (nSPS) is 10.7. The topological polar surface area (TPSA) is 69.6 Å². The van der Waals surface area contributed by atoms with Crippen molar-refractivity contribution >= 4 is 15.9 Å². The van der Waals surface area contributed by atoms with Crippen molar-refractivity contribution in [3.05, 3.63) is 28.5 Å². The van der Waals surface area contributed by atoms with Crippen molar-refractivity contribution < 1.29 is 4.39 Å². The van der Waals surface area contributed by atoms with Crippen LogP contribution in [0.25, 0.3) is 11.4 Å². The maximum absolute atomic E-state index is 13.2. The van der Waals surface area contributed by atoms with E-state index in [0.29, 0.717) is 29.0 Å². The first kappa shape index (κ1) is 11.2. The zero-order valence-electron chi connectivity index (χ0n) is 8.27.